The highest BCUT2D eigenvalue weighted by atomic mass is 16.1. The number of aryl methyl sites for hydroxylation is 1. The number of carbonyl (C=O) groups excluding carboxylic acids is 1. The van der Waals surface area contributed by atoms with Crippen LogP contribution in [0.25, 0.3) is 0 Å². The number of likely N-dealkylation sites (tertiary alicyclic amines) is 1. The molecule has 0 atom stereocenters. The van der Waals surface area contributed by atoms with Crippen molar-refractivity contribution in [1.82, 2.24) is 15.2 Å². The van der Waals surface area contributed by atoms with Gasteiger partial charge in [-0.2, -0.15) is 0 Å². The molecule has 2 aromatic rings. The van der Waals surface area contributed by atoms with Gasteiger partial charge >= 0.3 is 0 Å². The van der Waals surface area contributed by atoms with E-state index in [0.29, 0.717) is 5.69 Å². The summed E-state index contributed by atoms with van der Waals surface area (Å²) in [6, 6.07) is 14.2. The quantitative estimate of drug-likeness (QED) is 0.944. The molecule has 1 amide bonds. The number of rotatable bonds is 4. The molecule has 4 heteroatoms. The van der Waals surface area contributed by atoms with Crippen molar-refractivity contribution in [2.45, 2.75) is 32.4 Å². The molecule has 23 heavy (non-hydrogen) atoms. The van der Waals surface area contributed by atoms with Crippen molar-refractivity contribution in [3.63, 3.8) is 0 Å². The van der Waals surface area contributed by atoms with Gasteiger partial charge in [0, 0.05) is 31.9 Å². The van der Waals surface area contributed by atoms with Crippen molar-refractivity contribution in [2.24, 2.45) is 0 Å². The van der Waals surface area contributed by atoms with Crippen LogP contribution in [0, 0.1) is 6.92 Å². The van der Waals surface area contributed by atoms with Gasteiger partial charge in [0.05, 0.1) is 0 Å². The van der Waals surface area contributed by atoms with Crippen LogP contribution in [0.3, 0.4) is 0 Å². The molecule has 1 N–H and O–H groups in total. The van der Waals surface area contributed by atoms with Crippen molar-refractivity contribution < 1.29 is 4.79 Å². The number of nitrogens with one attached hydrogen (secondary N) is 1. The van der Waals surface area contributed by atoms with Gasteiger partial charge in [-0.05, 0) is 43.0 Å². The molecule has 2 heterocycles. The Morgan fingerprint density at radius 2 is 1.91 bits per heavy atom. The SMILES string of the molecule is Cc1ccccc1CN1CCC(NC(=O)c2ccccn2)CC1. The smallest absolute Gasteiger partial charge is 0.270 e. The maximum absolute atomic E-state index is 12.1. The van der Waals surface area contributed by atoms with E-state index >= 15 is 0 Å². The van der Waals surface area contributed by atoms with Gasteiger partial charge in [0.15, 0.2) is 0 Å². The monoisotopic (exact) mass is 309 g/mol. The summed E-state index contributed by atoms with van der Waals surface area (Å²) in [4.78, 5) is 18.7. The topological polar surface area (TPSA) is 45.2 Å². The highest BCUT2D eigenvalue weighted by Crippen LogP contribution is 2.16. The van der Waals surface area contributed by atoms with Crippen molar-refractivity contribution in [2.75, 3.05) is 13.1 Å². The Labute approximate surface area is 137 Å². The third kappa shape index (κ3) is 4.17. The number of piperidine rings is 1. The number of nitrogens with zero attached hydrogens (tertiary/aromatic N) is 2. The highest BCUT2D eigenvalue weighted by Gasteiger charge is 2.21. The molecule has 1 aliphatic rings. The van der Waals surface area contributed by atoms with Crippen molar-refractivity contribution in [3.8, 4) is 0 Å². The van der Waals surface area contributed by atoms with E-state index in [2.05, 4.69) is 46.4 Å². The van der Waals surface area contributed by atoms with E-state index in [1.807, 2.05) is 12.1 Å². The first-order valence-corrected chi connectivity index (χ1v) is 8.21. The lowest BCUT2D eigenvalue weighted by Crippen LogP contribution is -2.44. The van der Waals surface area contributed by atoms with Crippen LogP contribution < -0.4 is 5.32 Å². The summed E-state index contributed by atoms with van der Waals surface area (Å²) in [5.41, 5.74) is 3.23. The molecule has 0 bridgehead atoms. The lowest BCUT2D eigenvalue weighted by atomic mass is 10.0. The Bertz CT molecular complexity index is 649. The van der Waals surface area contributed by atoms with Crippen LogP contribution >= 0.6 is 0 Å². The predicted octanol–water partition coefficient (Wildman–Crippen LogP) is 2.78. The first kappa shape index (κ1) is 15.7. The number of pyridine rings is 1. The molecule has 1 saturated heterocycles. The van der Waals surface area contributed by atoms with Crippen LogP contribution in [0.4, 0.5) is 0 Å². The normalized spacial score (nSPS) is 16.2. The molecule has 0 saturated carbocycles. The first-order valence-electron chi connectivity index (χ1n) is 8.21. The molecule has 1 aliphatic heterocycles. The molecule has 3 rings (SSSR count). The standard InChI is InChI=1S/C19H23N3O/c1-15-6-2-3-7-16(15)14-22-12-9-17(10-13-22)21-19(23)18-8-4-5-11-20-18/h2-8,11,17H,9-10,12-14H2,1H3,(H,21,23). The molecular weight excluding hydrogens is 286 g/mol. The minimum atomic E-state index is -0.0667. The van der Waals surface area contributed by atoms with Gasteiger partial charge in [-0.3, -0.25) is 14.7 Å². The fourth-order valence-corrected chi connectivity index (χ4v) is 3.02. The highest BCUT2D eigenvalue weighted by molar-refractivity contribution is 5.92. The zero-order valence-corrected chi connectivity index (χ0v) is 13.5. The zero-order valence-electron chi connectivity index (χ0n) is 13.5. The minimum Gasteiger partial charge on any atom is -0.348 e. The molecule has 0 spiro atoms. The molecule has 120 valence electrons. The van der Waals surface area contributed by atoms with Crippen LogP contribution in [-0.2, 0) is 6.54 Å². The molecule has 1 fully saturated rings. The predicted molar refractivity (Wildman–Crippen MR) is 91.2 cm³/mol. The van der Waals surface area contributed by atoms with Gasteiger partial charge in [-0.25, -0.2) is 0 Å². The van der Waals surface area contributed by atoms with Crippen LogP contribution in [0.2, 0.25) is 0 Å². The summed E-state index contributed by atoms with van der Waals surface area (Å²) in [5.74, 6) is -0.0667. The molecule has 4 nitrogen and oxygen atoms in total. The van der Waals surface area contributed by atoms with Gasteiger partial charge in [0.1, 0.15) is 5.69 Å². The van der Waals surface area contributed by atoms with E-state index in [-0.39, 0.29) is 11.9 Å². The van der Waals surface area contributed by atoms with Crippen LogP contribution in [0.15, 0.2) is 48.7 Å². The number of carbonyl (C=O) groups is 1. The summed E-state index contributed by atoms with van der Waals surface area (Å²) in [5, 5.41) is 3.10. The largest absolute Gasteiger partial charge is 0.348 e. The third-order valence-electron chi connectivity index (χ3n) is 4.48. The fraction of sp³-hybridized carbons (Fsp3) is 0.368. The van der Waals surface area contributed by atoms with E-state index in [1.54, 1.807) is 12.3 Å². The second kappa shape index (κ2) is 7.38. The Morgan fingerprint density at radius 1 is 1.17 bits per heavy atom. The summed E-state index contributed by atoms with van der Waals surface area (Å²) >= 11 is 0. The van der Waals surface area contributed by atoms with Gasteiger partial charge in [-0.15, -0.1) is 0 Å². The lowest BCUT2D eigenvalue weighted by molar-refractivity contribution is 0.0904. The van der Waals surface area contributed by atoms with Gasteiger partial charge in [0.25, 0.3) is 5.91 Å². The summed E-state index contributed by atoms with van der Waals surface area (Å²) in [6.07, 6.45) is 3.63. The van der Waals surface area contributed by atoms with Crippen molar-refractivity contribution >= 4 is 5.91 Å². The Kier molecular flexibility index (Phi) is 5.03. The van der Waals surface area contributed by atoms with Crippen molar-refractivity contribution in [1.29, 1.82) is 0 Å². The molecule has 0 radical (unpaired) electrons. The molecule has 0 unspecified atom stereocenters. The molecule has 1 aromatic carbocycles. The Morgan fingerprint density at radius 3 is 2.61 bits per heavy atom. The summed E-state index contributed by atoms with van der Waals surface area (Å²) in [6.45, 7) is 5.19. The average Bonchev–Trinajstić information content (AvgIpc) is 2.59. The minimum absolute atomic E-state index is 0.0667. The third-order valence-corrected chi connectivity index (χ3v) is 4.48. The molecular formula is C19H23N3O. The van der Waals surface area contributed by atoms with Crippen LogP contribution in [-0.4, -0.2) is 34.9 Å². The maximum atomic E-state index is 12.1. The van der Waals surface area contributed by atoms with E-state index in [9.17, 15) is 4.79 Å². The zero-order chi connectivity index (χ0) is 16.1. The lowest BCUT2D eigenvalue weighted by Gasteiger charge is -2.32. The summed E-state index contributed by atoms with van der Waals surface area (Å²) in [7, 11) is 0. The molecule has 1 aromatic heterocycles. The second-order valence-electron chi connectivity index (χ2n) is 6.17. The fourth-order valence-electron chi connectivity index (χ4n) is 3.02. The van der Waals surface area contributed by atoms with E-state index in [0.717, 1.165) is 32.5 Å². The Hall–Kier alpha value is -2.20. The number of amides is 1. The average molecular weight is 309 g/mol. The van der Waals surface area contributed by atoms with Crippen LogP contribution in [0.5, 0.6) is 0 Å². The molecule has 0 aliphatic carbocycles. The Balaban J connectivity index is 1.49. The number of hydrogen-bond donors (Lipinski definition) is 1. The van der Waals surface area contributed by atoms with Gasteiger partial charge in [0.2, 0.25) is 0 Å². The second-order valence-corrected chi connectivity index (χ2v) is 6.17. The van der Waals surface area contributed by atoms with Crippen molar-refractivity contribution in [3.05, 3.63) is 65.5 Å². The van der Waals surface area contributed by atoms with E-state index < -0.39 is 0 Å². The van der Waals surface area contributed by atoms with E-state index in [1.165, 1.54) is 11.1 Å². The van der Waals surface area contributed by atoms with E-state index in [4.69, 9.17) is 0 Å². The number of benzene rings is 1. The first-order chi connectivity index (χ1) is 11.2. The van der Waals surface area contributed by atoms with Gasteiger partial charge < -0.3 is 5.32 Å². The van der Waals surface area contributed by atoms with Gasteiger partial charge in [-0.1, -0.05) is 30.3 Å². The maximum Gasteiger partial charge on any atom is 0.270 e. The summed E-state index contributed by atoms with van der Waals surface area (Å²) < 4.78 is 0. The number of hydrogen-bond acceptors (Lipinski definition) is 3. The van der Waals surface area contributed by atoms with Crippen LogP contribution in [0.1, 0.15) is 34.5 Å². The number of aromatic nitrogens is 1.